The van der Waals surface area contributed by atoms with Gasteiger partial charge in [-0.15, -0.1) is 28.8 Å². The number of thiophene rings is 1. The van der Waals surface area contributed by atoms with E-state index in [-0.39, 0.29) is 24.0 Å². The monoisotopic (exact) mass is 520 g/mol. The number of carboxylic acids is 1. The molecule has 5 heterocycles. The lowest BCUT2D eigenvalue weighted by Crippen LogP contribution is -2.27. The number of tetrazole rings is 1. The first kappa shape index (κ1) is 23.8. The molecule has 2 aliphatic heterocycles. The van der Waals surface area contributed by atoms with E-state index in [0.717, 1.165) is 57.1 Å². The van der Waals surface area contributed by atoms with Crippen LogP contribution in [0.15, 0.2) is 64.8 Å². The van der Waals surface area contributed by atoms with Gasteiger partial charge >= 0.3 is 5.97 Å². The number of halogens is 1. The van der Waals surface area contributed by atoms with Gasteiger partial charge in [0.05, 0.1) is 11.7 Å². The summed E-state index contributed by atoms with van der Waals surface area (Å²) < 4.78 is 3.45. The number of allylic oxidation sites excluding steroid dienone is 1. The van der Waals surface area contributed by atoms with Gasteiger partial charge in [-0.2, -0.15) is 4.68 Å². The summed E-state index contributed by atoms with van der Waals surface area (Å²) in [5.74, 6) is -0.926. The number of aromatic carboxylic acids is 1. The average molecular weight is 521 g/mol. The van der Waals surface area contributed by atoms with Crippen molar-refractivity contribution >= 4 is 41.0 Å². The number of aryl methyl sites for hydroxylation is 2. The standard InChI is InChI=1S/C25H20N6O3S.ClH/c1-14-2-4-20(30-13-27-28-29-30)18(8-14)15-9-17-3-5-21(31(17)24(32)11-15)19-10-16(12-26-19)22-6-7-23(35-22)25(33)34;/h2,4,6-9,11-13,21H,3,5,10H2,1H3,(H,33,34);1H/t21-;/m0./s1. The quantitative estimate of drug-likeness (QED) is 0.418. The molecule has 6 rings (SSSR count). The van der Waals surface area contributed by atoms with Crippen LogP contribution in [0.25, 0.3) is 22.4 Å². The number of nitrogens with zero attached hydrogens (tertiary/aromatic N) is 6. The van der Waals surface area contributed by atoms with Gasteiger partial charge in [-0.3, -0.25) is 9.79 Å². The van der Waals surface area contributed by atoms with Gasteiger partial charge in [-0.1, -0.05) is 11.6 Å². The minimum Gasteiger partial charge on any atom is -0.477 e. The second kappa shape index (κ2) is 9.29. The predicted molar refractivity (Wildman–Crippen MR) is 140 cm³/mol. The van der Waals surface area contributed by atoms with Crippen molar-refractivity contribution in [1.82, 2.24) is 24.8 Å². The summed E-state index contributed by atoms with van der Waals surface area (Å²) in [7, 11) is 0. The van der Waals surface area contributed by atoms with Crippen molar-refractivity contribution in [2.75, 3.05) is 0 Å². The number of pyridine rings is 1. The zero-order valence-electron chi connectivity index (χ0n) is 19.2. The average Bonchev–Trinajstić information content (AvgIpc) is 3.64. The maximum absolute atomic E-state index is 13.4. The summed E-state index contributed by atoms with van der Waals surface area (Å²) in [5.41, 5.74) is 6.45. The minimum absolute atomic E-state index is 0. The first-order valence-electron chi connectivity index (χ1n) is 11.2. The number of hydrogen-bond acceptors (Lipinski definition) is 7. The molecule has 4 aromatic rings. The lowest BCUT2D eigenvalue weighted by Gasteiger charge is -2.17. The van der Waals surface area contributed by atoms with Crippen LogP contribution in [0.4, 0.5) is 0 Å². The van der Waals surface area contributed by atoms with Crippen LogP contribution in [0, 0.1) is 6.92 Å². The van der Waals surface area contributed by atoms with E-state index < -0.39 is 5.97 Å². The molecule has 0 saturated heterocycles. The molecular formula is C25H21ClN6O3S. The van der Waals surface area contributed by atoms with Gasteiger partial charge in [0.15, 0.2) is 0 Å². The third-order valence-electron chi connectivity index (χ3n) is 6.47. The summed E-state index contributed by atoms with van der Waals surface area (Å²) in [6.45, 7) is 2.01. The Labute approximate surface area is 215 Å². The number of aliphatic imine (C=N–C) groups is 1. The highest BCUT2D eigenvalue weighted by Crippen LogP contribution is 2.37. The molecule has 0 aliphatic carbocycles. The van der Waals surface area contributed by atoms with E-state index in [9.17, 15) is 14.7 Å². The van der Waals surface area contributed by atoms with Gasteiger partial charge in [0.2, 0.25) is 0 Å². The Morgan fingerprint density at radius 1 is 1.17 bits per heavy atom. The number of benzene rings is 1. The fraction of sp³-hybridized carbons (Fsp3) is 0.200. The van der Waals surface area contributed by atoms with Crippen molar-refractivity contribution in [3.63, 3.8) is 0 Å². The molecule has 11 heteroatoms. The van der Waals surface area contributed by atoms with Crippen LogP contribution < -0.4 is 5.56 Å². The van der Waals surface area contributed by atoms with E-state index in [1.807, 2.05) is 35.8 Å². The molecule has 0 saturated carbocycles. The Morgan fingerprint density at radius 3 is 2.78 bits per heavy atom. The normalized spacial score (nSPS) is 16.3. The number of aromatic nitrogens is 5. The molecule has 2 aliphatic rings. The first-order chi connectivity index (χ1) is 17.0. The van der Waals surface area contributed by atoms with Gasteiger partial charge in [0, 0.05) is 40.5 Å². The summed E-state index contributed by atoms with van der Waals surface area (Å²) in [6, 6.07) is 13.1. The van der Waals surface area contributed by atoms with E-state index in [0.29, 0.717) is 11.3 Å². The summed E-state index contributed by atoms with van der Waals surface area (Å²) in [4.78, 5) is 30.4. The molecule has 0 amide bonds. The van der Waals surface area contributed by atoms with E-state index in [4.69, 9.17) is 0 Å². The Balaban J connectivity index is 0.00000267. The van der Waals surface area contributed by atoms with Gasteiger partial charge in [0.1, 0.15) is 11.2 Å². The van der Waals surface area contributed by atoms with Crippen LogP contribution in [-0.2, 0) is 6.42 Å². The van der Waals surface area contributed by atoms with Gasteiger partial charge in [-0.25, -0.2) is 4.79 Å². The second-order valence-corrected chi connectivity index (χ2v) is 9.78. The molecule has 0 spiro atoms. The van der Waals surface area contributed by atoms with Crippen molar-refractivity contribution in [3.05, 3.63) is 86.4 Å². The first-order valence-corrected chi connectivity index (χ1v) is 12.0. The lowest BCUT2D eigenvalue weighted by molar-refractivity contribution is 0.0702. The molecule has 0 unspecified atom stereocenters. The van der Waals surface area contributed by atoms with Crippen molar-refractivity contribution in [2.45, 2.75) is 32.2 Å². The van der Waals surface area contributed by atoms with Crippen molar-refractivity contribution < 1.29 is 9.90 Å². The third-order valence-corrected chi connectivity index (χ3v) is 7.62. The van der Waals surface area contributed by atoms with Crippen LogP contribution in [0.2, 0.25) is 0 Å². The summed E-state index contributed by atoms with van der Waals surface area (Å²) in [6.07, 6.45) is 5.53. The van der Waals surface area contributed by atoms with Crippen LogP contribution in [0.3, 0.4) is 0 Å². The summed E-state index contributed by atoms with van der Waals surface area (Å²) in [5, 5.41) is 20.7. The molecule has 3 aromatic heterocycles. The third kappa shape index (κ3) is 4.08. The van der Waals surface area contributed by atoms with Crippen LogP contribution >= 0.6 is 23.7 Å². The molecule has 182 valence electrons. The lowest BCUT2D eigenvalue weighted by atomic mass is 10.0. The molecule has 1 N–H and O–H groups in total. The maximum Gasteiger partial charge on any atom is 0.345 e. The minimum atomic E-state index is -0.926. The maximum atomic E-state index is 13.4. The Kier molecular flexibility index (Phi) is 6.15. The number of rotatable bonds is 5. The number of carbonyl (C=O) groups is 1. The van der Waals surface area contributed by atoms with E-state index in [2.05, 4.69) is 26.6 Å². The van der Waals surface area contributed by atoms with Crippen molar-refractivity contribution in [3.8, 4) is 16.8 Å². The van der Waals surface area contributed by atoms with Crippen molar-refractivity contribution in [1.29, 1.82) is 0 Å². The fourth-order valence-corrected chi connectivity index (χ4v) is 5.70. The molecular weight excluding hydrogens is 500 g/mol. The fourth-order valence-electron chi connectivity index (χ4n) is 4.85. The van der Waals surface area contributed by atoms with E-state index in [1.54, 1.807) is 29.3 Å². The zero-order chi connectivity index (χ0) is 24.1. The highest BCUT2D eigenvalue weighted by atomic mass is 35.5. The Hall–Kier alpha value is -3.89. The van der Waals surface area contributed by atoms with E-state index >= 15 is 0 Å². The second-order valence-electron chi connectivity index (χ2n) is 8.69. The number of carboxylic acid groups (broad SMARTS) is 1. The van der Waals surface area contributed by atoms with Gasteiger partial charge < -0.3 is 9.67 Å². The number of fused-ring (bicyclic) bond motifs is 1. The SMILES string of the molecule is Cc1ccc(-n2cnnn2)c(-c2cc3n(c(=O)c2)[C@H](C2=NC=C(c4ccc(C(=O)O)s4)C2)CC3)c1.Cl. The predicted octanol–water partition coefficient (Wildman–Crippen LogP) is 4.35. The highest BCUT2D eigenvalue weighted by Gasteiger charge is 2.30. The van der Waals surface area contributed by atoms with Crippen molar-refractivity contribution in [2.24, 2.45) is 4.99 Å². The zero-order valence-corrected chi connectivity index (χ0v) is 20.8. The molecule has 9 nitrogen and oxygen atoms in total. The van der Waals surface area contributed by atoms with Gasteiger partial charge in [0.25, 0.3) is 5.56 Å². The Bertz CT molecular complexity index is 1600. The summed E-state index contributed by atoms with van der Waals surface area (Å²) >= 11 is 1.25. The number of hydrogen-bond donors (Lipinski definition) is 1. The molecule has 0 radical (unpaired) electrons. The molecule has 36 heavy (non-hydrogen) atoms. The Morgan fingerprint density at radius 2 is 2.03 bits per heavy atom. The molecule has 0 fully saturated rings. The van der Waals surface area contributed by atoms with Crippen LogP contribution in [0.1, 0.15) is 44.7 Å². The highest BCUT2D eigenvalue weighted by molar-refractivity contribution is 7.15. The molecule has 1 aromatic carbocycles. The molecule has 0 bridgehead atoms. The van der Waals surface area contributed by atoms with Gasteiger partial charge in [-0.05, 0) is 71.7 Å². The smallest absolute Gasteiger partial charge is 0.345 e. The largest absolute Gasteiger partial charge is 0.477 e. The van der Waals surface area contributed by atoms with Crippen LogP contribution in [0.5, 0.6) is 0 Å². The van der Waals surface area contributed by atoms with E-state index in [1.165, 1.54) is 11.3 Å². The molecule has 1 atom stereocenters. The topological polar surface area (TPSA) is 115 Å². The van der Waals surface area contributed by atoms with Crippen LogP contribution in [-0.4, -0.2) is 41.6 Å².